The maximum Gasteiger partial charge on any atom is 0.251 e. The minimum absolute atomic E-state index is 0.155. The predicted octanol–water partition coefficient (Wildman–Crippen LogP) is 3.49. The van der Waals surface area contributed by atoms with Gasteiger partial charge in [0.15, 0.2) is 0 Å². The van der Waals surface area contributed by atoms with Crippen LogP contribution >= 0.6 is 0 Å². The van der Waals surface area contributed by atoms with E-state index in [4.69, 9.17) is 0 Å². The van der Waals surface area contributed by atoms with Gasteiger partial charge < -0.3 is 5.32 Å². The van der Waals surface area contributed by atoms with Crippen LogP contribution in [0.15, 0.2) is 67.3 Å². The smallest absolute Gasteiger partial charge is 0.251 e. The molecule has 0 spiro atoms. The molecule has 1 atom stereocenters. The second-order valence-electron chi connectivity index (χ2n) is 6.62. The number of carbonyl (C=O) groups excluding carboxylic acids is 1. The van der Waals surface area contributed by atoms with Gasteiger partial charge in [-0.3, -0.25) is 9.78 Å². The average Bonchev–Trinajstić information content (AvgIpc) is 3.29. The molecule has 2 aromatic carbocycles. The van der Waals surface area contributed by atoms with Crippen LogP contribution in [-0.4, -0.2) is 31.1 Å². The Morgan fingerprint density at radius 3 is 2.57 bits per heavy atom. The highest BCUT2D eigenvalue weighted by atomic mass is 19.1. The summed E-state index contributed by atoms with van der Waals surface area (Å²) in [7, 11) is 0. The molecule has 2 aromatic heterocycles. The Hall–Kier alpha value is -4.01. The molecule has 0 radical (unpaired) electrons. The predicted molar refractivity (Wildman–Crippen MR) is 105 cm³/mol. The lowest BCUT2D eigenvalue weighted by Gasteiger charge is -2.15. The second-order valence-corrected chi connectivity index (χ2v) is 6.62. The van der Waals surface area contributed by atoms with Gasteiger partial charge in [0.25, 0.3) is 5.91 Å². The molecule has 30 heavy (non-hydrogen) atoms. The lowest BCUT2D eigenvalue weighted by Crippen LogP contribution is -2.26. The van der Waals surface area contributed by atoms with Gasteiger partial charge in [-0.1, -0.05) is 0 Å². The molecule has 9 heteroatoms. The number of nitrogens with zero attached hydrogens (tertiary/aromatic N) is 5. The maximum atomic E-state index is 14.4. The number of pyridine rings is 1. The van der Waals surface area contributed by atoms with Gasteiger partial charge in [0, 0.05) is 29.6 Å². The molecular formula is C21H16F2N6O. The normalized spacial score (nSPS) is 11.8. The number of nitrogens with one attached hydrogen (secondary N) is 1. The van der Waals surface area contributed by atoms with Crippen LogP contribution in [0.3, 0.4) is 0 Å². The minimum Gasteiger partial charge on any atom is -0.346 e. The van der Waals surface area contributed by atoms with E-state index in [-0.39, 0.29) is 23.1 Å². The number of aromatic nitrogens is 5. The van der Waals surface area contributed by atoms with Crippen LogP contribution in [0, 0.1) is 11.6 Å². The van der Waals surface area contributed by atoms with E-state index in [0.717, 1.165) is 17.7 Å². The first-order valence-electron chi connectivity index (χ1n) is 9.06. The Kier molecular flexibility index (Phi) is 5.25. The largest absolute Gasteiger partial charge is 0.346 e. The summed E-state index contributed by atoms with van der Waals surface area (Å²) < 4.78 is 29.1. The van der Waals surface area contributed by atoms with Crippen molar-refractivity contribution in [3.63, 3.8) is 0 Å². The van der Waals surface area contributed by atoms with Gasteiger partial charge in [0.05, 0.1) is 11.7 Å². The van der Waals surface area contributed by atoms with Gasteiger partial charge in [0.2, 0.25) is 0 Å². The third kappa shape index (κ3) is 4.04. The lowest BCUT2D eigenvalue weighted by atomic mass is 10.0. The monoisotopic (exact) mass is 406 g/mol. The summed E-state index contributed by atoms with van der Waals surface area (Å²) >= 11 is 0. The number of benzene rings is 2. The number of rotatable bonds is 5. The molecule has 4 rings (SSSR count). The number of halogens is 2. The summed E-state index contributed by atoms with van der Waals surface area (Å²) in [6.45, 7) is 1.85. The lowest BCUT2D eigenvalue weighted by molar-refractivity contribution is 0.0940. The highest BCUT2D eigenvalue weighted by Gasteiger charge is 2.16. The van der Waals surface area contributed by atoms with E-state index >= 15 is 0 Å². The fourth-order valence-electron chi connectivity index (χ4n) is 3.05. The summed E-state index contributed by atoms with van der Waals surface area (Å²) in [5.74, 6) is -1.78. The average molecular weight is 406 g/mol. The Morgan fingerprint density at radius 1 is 1.07 bits per heavy atom. The van der Waals surface area contributed by atoms with Gasteiger partial charge in [-0.25, -0.2) is 13.5 Å². The van der Waals surface area contributed by atoms with Crippen LogP contribution in [0.25, 0.3) is 16.8 Å². The molecule has 0 aliphatic rings. The van der Waals surface area contributed by atoms with Crippen molar-refractivity contribution in [3.05, 3.63) is 90.0 Å². The van der Waals surface area contributed by atoms with Gasteiger partial charge in [-0.05, 0) is 70.9 Å². The Morgan fingerprint density at radius 2 is 1.87 bits per heavy atom. The SMILES string of the molecule is CC(NC(=O)c1cc(-c2ccc(F)cc2F)cc(-n2cnnn2)c1)c1ccncc1. The molecule has 4 aromatic rings. The first kappa shape index (κ1) is 19.3. The van der Waals surface area contributed by atoms with Crippen molar-refractivity contribution >= 4 is 5.91 Å². The van der Waals surface area contributed by atoms with Gasteiger partial charge in [0.1, 0.15) is 18.0 Å². The zero-order valence-electron chi connectivity index (χ0n) is 15.8. The molecule has 0 aliphatic carbocycles. The van der Waals surface area contributed by atoms with E-state index in [1.165, 1.54) is 17.1 Å². The molecule has 1 amide bonds. The fourth-order valence-corrected chi connectivity index (χ4v) is 3.05. The summed E-state index contributed by atoms with van der Waals surface area (Å²) in [5.41, 5.74) is 2.18. The van der Waals surface area contributed by atoms with Crippen LogP contribution in [0.1, 0.15) is 28.9 Å². The van der Waals surface area contributed by atoms with Crippen LogP contribution < -0.4 is 5.32 Å². The number of hydrogen-bond donors (Lipinski definition) is 1. The molecule has 0 fully saturated rings. The Balaban J connectivity index is 1.73. The number of amides is 1. The topological polar surface area (TPSA) is 85.6 Å². The number of carbonyl (C=O) groups is 1. The third-order valence-corrected chi connectivity index (χ3v) is 4.59. The zero-order chi connectivity index (χ0) is 21.1. The van der Waals surface area contributed by atoms with Crippen molar-refractivity contribution in [2.75, 3.05) is 0 Å². The van der Waals surface area contributed by atoms with Crippen molar-refractivity contribution in [2.24, 2.45) is 0 Å². The van der Waals surface area contributed by atoms with Gasteiger partial charge in [-0.15, -0.1) is 5.10 Å². The molecule has 0 aliphatic heterocycles. The zero-order valence-corrected chi connectivity index (χ0v) is 15.8. The summed E-state index contributed by atoms with van der Waals surface area (Å²) in [5, 5.41) is 13.9. The molecule has 2 heterocycles. The van der Waals surface area contributed by atoms with Gasteiger partial charge >= 0.3 is 0 Å². The molecule has 0 saturated carbocycles. The van der Waals surface area contributed by atoms with E-state index in [1.807, 2.05) is 19.1 Å². The first-order valence-corrected chi connectivity index (χ1v) is 9.06. The highest BCUT2D eigenvalue weighted by molar-refractivity contribution is 5.96. The molecular weight excluding hydrogens is 390 g/mol. The van der Waals surface area contributed by atoms with E-state index in [0.29, 0.717) is 11.3 Å². The van der Waals surface area contributed by atoms with Crippen molar-refractivity contribution in [1.29, 1.82) is 0 Å². The summed E-state index contributed by atoms with van der Waals surface area (Å²) in [6.07, 6.45) is 4.65. The van der Waals surface area contributed by atoms with Crippen LogP contribution in [0.5, 0.6) is 0 Å². The first-order chi connectivity index (χ1) is 14.5. The molecule has 1 N–H and O–H groups in total. The van der Waals surface area contributed by atoms with Crippen molar-refractivity contribution in [2.45, 2.75) is 13.0 Å². The van der Waals surface area contributed by atoms with Crippen molar-refractivity contribution in [1.82, 2.24) is 30.5 Å². The van der Waals surface area contributed by atoms with Crippen molar-refractivity contribution < 1.29 is 13.6 Å². The van der Waals surface area contributed by atoms with Gasteiger partial charge in [-0.2, -0.15) is 0 Å². The summed E-state index contributed by atoms with van der Waals surface area (Å²) in [6, 6.07) is 11.4. The highest BCUT2D eigenvalue weighted by Crippen LogP contribution is 2.27. The third-order valence-electron chi connectivity index (χ3n) is 4.59. The molecule has 0 saturated heterocycles. The number of tetrazole rings is 1. The van der Waals surface area contributed by atoms with E-state index < -0.39 is 11.6 Å². The minimum atomic E-state index is -0.736. The Bertz CT molecular complexity index is 1180. The summed E-state index contributed by atoms with van der Waals surface area (Å²) in [4.78, 5) is 16.9. The number of hydrogen-bond acceptors (Lipinski definition) is 5. The molecule has 150 valence electrons. The second kappa shape index (κ2) is 8.16. The van der Waals surface area contributed by atoms with E-state index in [9.17, 15) is 13.6 Å². The quantitative estimate of drug-likeness (QED) is 0.548. The molecule has 7 nitrogen and oxygen atoms in total. The van der Waals surface area contributed by atoms with Crippen LogP contribution in [0.4, 0.5) is 8.78 Å². The molecule has 1 unspecified atom stereocenters. The Labute approximate surface area is 170 Å². The molecule has 0 bridgehead atoms. The van der Waals surface area contributed by atoms with E-state index in [1.54, 1.807) is 30.6 Å². The van der Waals surface area contributed by atoms with Crippen LogP contribution in [0.2, 0.25) is 0 Å². The van der Waals surface area contributed by atoms with E-state index in [2.05, 4.69) is 25.8 Å². The van der Waals surface area contributed by atoms with Crippen LogP contribution in [-0.2, 0) is 0 Å². The fraction of sp³-hybridized carbons (Fsp3) is 0.0952. The van der Waals surface area contributed by atoms with Crippen molar-refractivity contribution in [3.8, 4) is 16.8 Å². The maximum absolute atomic E-state index is 14.4. The standard InChI is InChI=1S/C21H16F2N6O/c1-13(14-4-6-24-7-5-14)26-21(30)16-8-15(19-3-2-17(22)11-20(19)23)9-18(10-16)29-12-25-27-28-29/h2-13H,1H3,(H,26,30).